The Morgan fingerprint density at radius 2 is 1.97 bits per heavy atom. The van der Waals surface area contributed by atoms with Crippen molar-refractivity contribution in [3.63, 3.8) is 0 Å². The highest BCUT2D eigenvalue weighted by atomic mass is 32.1. The molecule has 158 valence electrons. The maximum absolute atomic E-state index is 11.4. The minimum absolute atomic E-state index is 0.368. The van der Waals surface area contributed by atoms with Crippen LogP contribution in [-0.2, 0) is 11.4 Å². The van der Waals surface area contributed by atoms with Gasteiger partial charge < -0.3 is 19.5 Å². The zero-order valence-corrected chi connectivity index (χ0v) is 18.2. The molecule has 0 aliphatic carbocycles. The number of thiophene rings is 1. The van der Waals surface area contributed by atoms with E-state index in [1.807, 2.05) is 48.0 Å². The van der Waals surface area contributed by atoms with Gasteiger partial charge in [-0.05, 0) is 47.0 Å². The molecule has 0 unspecified atom stereocenters. The van der Waals surface area contributed by atoms with E-state index in [2.05, 4.69) is 15.3 Å². The zero-order valence-electron chi connectivity index (χ0n) is 17.3. The molecule has 8 heteroatoms. The Hall–Kier alpha value is -3.65. The van der Waals surface area contributed by atoms with Crippen LogP contribution in [0, 0.1) is 6.92 Å². The second-order valence-corrected chi connectivity index (χ2v) is 7.64. The molecule has 0 atom stereocenters. The third kappa shape index (κ3) is 4.75. The van der Waals surface area contributed by atoms with E-state index in [9.17, 15) is 4.79 Å². The van der Waals surface area contributed by atoms with Gasteiger partial charge in [-0.3, -0.25) is 4.79 Å². The fourth-order valence-electron chi connectivity index (χ4n) is 3.05. The predicted molar refractivity (Wildman–Crippen MR) is 121 cm³/mol. The van der Waals surface area contributed by atoms with Crippen LogP contribution in [0.2, 0.25) is 0 Å². The number of hydrogen-bond donors (Lipinski definition) is 1. The SMILES string of the molecule is COc1cc2c(Nc3ccc(C)c(OC(C)=O)c3)ncnc2cc1OCc1ccsc1. The molecule has 7 nitrogen and oxygen atoms in total. The number of nitrogens with zero attached hydrogens (tertiary/aromatic N) is 2. The predicted octanol–water partition coefficient (Wildman–Crippen LogP) is 5.26. The van der Waals surface area contributed by atoms with Crippen molar-refractivity contribution in [2.75, 3.05) is 12.4 Å². The van der Waals surface area contributed by atoms with Gasteiger partial charge in [0.05, 0.1) is 12.6 Å². The number of anilines is 2. The number of fused-ring (bicyclic) bond motifs is 1. The van der Waals surface area contributed by atoms with Crippen molar-refractivity contribution >= 4 is 39.7 Å². The monoisotopic (exact) mass is 435 g/mol. The van der Waals surface area contributed by atoms with Crippen molar-refractivity contribution in [2.24, 2.45) is 0 Å². The minimum Gasteiger partial charge on any atom is -0.493 e. The highest BCUT2D eigenvalue weighted by molar-refractivity contribution is 7.07. The molecule has 0 fully saturated rings. The Bertz CT molecular complexity index is 1230. The average molecular weight is 436 g/mol. The lowest BCUT2D eigenvalue weighted by Gasteiger charge is -2.14. The number of carbonyl (C=O) groups is 1. The number of rotatable bonds is 7. The van der Waals surface area contributed by atoms with Gasteiger partial charge in [0.1, 0.15) is 24.5 Å². The van der Waals surface area contributed by atoms with Crippen molar-refractivity contribution in [1.29, 1.82) is 0 Å². The maximum Gasteiger partial charge on any atom is 0.308 e. The van der Waals surface area contributed by atoms with Gasteiger partial charge >= 0.3 is 5.97 Å². The first-order valence-corrected chi connectivity index (χ1v) is 10.5. The van der Waals surface area contributed by atoms with Crippen LogP contribution in [0.25, 0.3) is 10.9 Å². The zero-order chi connectivity index (χ0) is 21.8. The number of ether oxygens (including phenoxy) is 3. The first kappa shape index (κ1) is 20.6. The summed E-state index contributed by atoms with van der Waals surface area (Å²) in [5.74, 6) is 1.93. The summed E-state index contributed by atoms with van der Waals surface area (Å²) in [6, 6.07) is 11.2. The Kier molecular flexibility index (Phi) is 5.99. The number of carbonyl (C=O) groups excluding carboxylic acids is 1. The molecule has 4 rings (SSSR count). The Morgan fingerprint density at radius 1 is 1.10 bits per heavy atom. The van der Waals surface area contributed by atoms with Gasteiger partial charge in [0.25, 0.3) is 0 Å². The van der Waals surface area contributed by atoms with E-state index in [0.29, 0.717) is 35.2 Å². The molecule has 31 heavy (non-hydrogen) atoms. The van der Waals surface area contributed by atoms with Gasteiger partial charge in [0, 0.05) is 30.1 Å². The van der Waals surface area contributed by atoms with Crippen LogP contribution in [0.5, 0.6) is 17.2 Å². The van der Waals surface area contributed by atoms with Crippen LogP contribution in [0.4, 0.5) is 11.5 Å². The lowest BCUT2D eigenvalue weighted by atomic mass is 10.1. The molecular weight excluding hydrogens is 414 g/mol. The molecule has 1 N–H and O–H groups in total. The Morgan fingerprint density at radius 3 is 2.71 bits per heavy atom. The summed E-state index contributed by atoms with van der Waals surface area (Å²) in [4.78, 5) is 20.1. The molecule has 0 saturated carbocycles. The number of hydrogen-bond acceptors (Lipinski definition) is 8. The van der Waals surface area contributed by atoms with E-state index < -0.39 is 0 Å². The number of benzene rings is 2. The van der Waals surface area contributed by atoms with E-state index in [1.165, 1.54) is 13.3 Å². The molecular formula is C23H21N3O4S. The summed E-state index contributed by atoms with van der Waals surface area (Å²) in [6.07, 6.45) is 1.49. The summed E-state index contributed by atoms with van der Waals surface area (Å²) in [7, 11) is 1.60. The number of methoxy groups -OCH3 is 1. The van der Waals surface area contributed by atoms with Crippen molar-refractivity contribution in [2.45, 2.75) is 20.5 Å². The van der Waals surface area contributed by atoms with E-state index in [4.69, 9.17) is 14.2 Å². The smallest absolute Gasteiger partial charge is 0.308 e. The number of esters is 1. The summed E-state index contributed by atoms with van der Waals surface area (Å²) < 4.78 is 16.8. The van der Waals surface area contributed by atoms with Gasteiger partial charge in [-0.2, -0.15) is 11.3 Å². The fourth-order valence-corrected chi connectivity index (χ4v) is 3.70. The lowest BCUT2D eigenvalue weighted by molar-refractivity contribution is -0.131. The highest BCUT2D eigenvalue weighted by Gasteiger charge is 2.13. The minimum atomic E-state index is -0.368. The molecule has 4 aromatic rings. The standard InChI is InChI=1S/C23H21N3O4S/c1-14-4-5-17(8-20(14)30-15(2)27)26-23-18-9-21(28-3)22(10-19(18)24-13-25-23)29-11-16-6-7-31-12-16/h4-10,12-13H,11H2,1-3H3,(H,24,25,26). The Labute approximate surface area is 183 Å². The van der Waals surface area contributed by atoms with E-state index >= 15 is 0 Å². The van der Waals surface area contributed by atoms with Crippen molar-refractivity contribution < 1.29 is 19.0 Å². The van der Waals surface area contributed by atoms with Crippen molar-refractivity contribution in [3.8, 4) is 17.2 Å². The quantitative estimate of drug-likeness (QED) is 0.313. The fraction of sp³-hybridized carbons (Fsp3) is 0.174. The second-order valence-electron chi connectivity index (χ2n) is 6.86. The molecule has 0 aliphatic heterocycles. The van der Waals surface area contributed by atoms with Gasteiger partial charge in [0.2, 0.25) is 0 Å². The molecule has 0 saturated heterocycles. The molecule has 2 heterocycles. The van der Waals surface area contributed by atoms with E-state index in [1.54, 1.807) is 24.5 Å². The van der Waals surface area contributed by atoms with Crippen molar-refractivity contribution in [1.82, 2.24) is 9.97 Å². The van der Waals surface area contributed by atoms with Gasteiger partial charge in [-0.25, -0.2) is 9.97 Å². The molecule has 2 aromatic carbocycles. The number of aryl methyl sites for hydroxylation is 1. The molecule has 0 aliphatic rings. The largest absolute Gasteiger partial charge is 0.493 e. The first-order chi connectivity index (χ1) is 15.0. The Balaban J connectivity index is 1.65. The second kappa shape index (κ2) is 9.01. The number of aromatic nitrogens is 2. The molecule has 0 radical (unpaired) electrons. The molecule has 2 aromatic heterocycles. The number of nitrogens with one attached hydrogen (secondary N) is 1. The summed E-state index contributed by atoms with van der Waals surface area (Å²) in [5.41, 5.74) is 3.41. The highest BCUT2D eigenvalue weighted by Crippen LogP contribution is 2.35. The van der Waals surface area contributed by atoms with Gasteiger partial charge in [-0.1, -0.05) is 6.07 Å². The molecule has 0 spiro atoms. The topological polar surface area (TPSA) is 82.6 Å². The van der Waals surface area contributed by atoms with E-state index in [0.717, 1.165) is 22.2 Å². The normalized spacial score (nSPS) is 10.7. The molecule has 0 amide bonds. The van der Waals surface area contributed by atoms with Crippen LogP contribution < -0.4 is 19.5 Å². The maximum atomic E-state index is 11.4. The van der Waals surface area contributed by atoms with Crippen LogP contribution in [0.1, 0.15) is 18.1 Å². The van der Waals surface area contributed by atoms with Crippen LogP contribution in [0.15, 0.2) is 53.5 Å². The van der Waals surface area contributed by atoms with Gasteiger partial charge in [-0.15, -0.1) is 0 Å². The third-order valence-electron chi connectivity index (χ3n) is 4.60. The van der Waals surface area contributed by atoms with Crippen molar-refractivity contribution in [3.05, 3.63) is 64.6 Å². The van der Waals surface area contributed by atoms with Crippen LogP contribution >= 0.6 is 11.3 Å². The van der Waals surface area contributed by atoms with E-state index in [-0.39, 0.29) is 5.97 Å². The summed E-state index contributed by atoms with van der Waals surface area (Å²) >= 11 is 1.63. The van der Waals surface area contributed by atoms with Crippen LogP contribution in [-0.4, -0.2) is 23.0 Å². The van der Waals surface area contributed by atoms with Crippen LogP contribution in [0.3, 0.4) is 0 Å². The summed E-state index contributed by atoms with van der Waals surface area (Å²) in [5, 5.41) is 8.11. The first-order valence-electron chi connectivity index (χ1n) is 9.56. The average Bonchev–Trinajstić information content (AvgIpc) is 3.27. The lowest BCUT2D eigenvalue weighted by Crippen LogP contribution is -2.04. The third-order valence-corrected chi connectivity index (χ3v) is 5.33. The molecule has 0 bridgehead atoms. The van der Waals surface area contributed by atoms with Gasteiger partial charge in [0.15, 0.2) is 11.5 Å². The summed E-state index contributed by atoms with van der Waals surface area (Å²) in [6.45, 7) is 3.70.